The fraction of sp³-hybridized carbons (Fsp3) is 0.688. The molecule has 1 amide bonds. The second-order valence-electron chi connectivity index (χ2n) is 6.14. The molecule has 3 rings (SSSR count). The molecule has 0 atom stereocenters. The van der Waals surface area contributed by atoms with Gasteiger partial charge in [-0.25, -0.2) is 0 Å². The number of hydrogen-bond acceptors (Lipinski definition) is 6. The Hall–Kier alpha value is -1.15. The molecule has 0 radical (unpaired) electrons. The number of hydrogen-bond donors (Lipinski definition) is 1. The Kier molecular flexibility index (Phi) is 10.0. The molecule has 1 aromatic heterocycles. The molecule has 0 saturated carbocycles. The van der Waals surface area contributed by atoms with Crippen LogP contribution in [0.15, 0.2) is 18.3 Å². The predicted molar refractivity (Wildman–Crippen MR) is 104 cm³/mol. The minimum atomic E-state index is 0. The van der Waals surface area contributed by atoms with E-state index in [-0.39, 0.29) is 24.8 Å². The summed E-state index contributed by atoms with van der Waals surface area (Å²) in [5, 5.41) is 11.4. The minimum absolute atomic E-state index is 0. The van der Waals surface area contributed by atoms with E-state index >= 15 is 0 Å². The Balaban J connectivity index is 0.00000156. The van der Waals surface area contributed by atoms with Crippen LogP contribution in [0, 0.1) is 0 Å². The van der Waals surface area contributed by atoms with E-state index in [2.05, 4.69) is 25.3 Å². The van der Waals surface area contributed by atoms with Gasteiger partial charge in [-0.05, 0) is 25.1 Å². The van der Waals surface area contributed by atoms with Crippen molar-refractivity contribution in [3.8, 4) is 0 Å². The van der Waals surface area contributed by atoms with Gasteiger partial charge in [-0.15, -0.1) is 29.9 Å². The lowest BCUT2D eigenvalue weighted by Crippen LogP contribution is -2.47. The number of rotatable bonds is 4. The van der Waals surface area contributed by atoms with Crippen molar-refractivity contribution in [2.24, 2.45) is 0 Å². The molecule has 0 aliphatic carbocycles. The third-order valence-corrected chi connectivity index (χ3v) is 4.58. The molecule has 2 saturated heterocycles. The smallest absolute Gasteiger partial charge is 0.223 e. The zero-order valence-electron chi connectivity index (χ0n) is 14.5. The number of amides is 1. The zero-order valence-corrected chi connectivity index (χ0v) is 16.1. The number of nitrogens with zero attached hydrogens (tertiary/aromatic N) is 5. The maximum atomic E-state index is 12.3. The molecule has 1 aromatic rings. The Bertz CT molecular complexity index is 501. The molecule has 0 aromatic carbocycles. The topological polar surface area (TPSA) is 64.6 Å². The lowest BCUT2D eigenvalue weighted by atomic mass is 10.3. The van der Waals surface area contributed by atoms with Crippen LogP contribution in [0.1, 0.15) is 12.8 Å². The van der Waals surface area contributed by atoms with Crippen molar-refractivity contribution in [3.63, 3.8) is 0 Å². The summed E-state index contributed by atoms with van der Waals surface area (Å²) in [6.07, 6.45) is 3.43. The Labute approximate surface area is 162 Å². The van der Waals surface area contributed by atoms with Crippen LogP contribution in [0.2, 0.25) is 0 Å². The fourth-order valence-corrected chi connectivity index (χ4v) is 3.21. The van der Waals surface area contributed by atoms with E-state index < -0.39 is 0 Å². The summed E-state index contributed by atoms with van der Waals surface area (Å²) in [6, 6.07) is 3.94. The largest absolute Gasteiger partial charge is 0.354 e. The third kappa shape index (κ3) is 6.58. The van der Waals surface area contributed by atoms with E-state index in [1.807, 2.05) is 17.0 Å². The third-order valence-electron chi connectivity index (χ3n) is 4.58. The zero-order chi connectivity index (χ0) is 15.9. The van der Waals surface area contributed by atoms with E-state index in [4.69, 9.17) is 0 Å². The molecule has 0 bridgehead atoms. The highest BCUT2D eigenvalue weighted by atomic mass is 35.5. The van der Waals surface area contributed by atoms with Crippen molar-refractivity contribution in [2.45, 2.75) is 12.8 Å². The highest BCUT2D eigenvalue weighted by Crippen LogP contribution is 2.12. The molecule has 7 nitrogen and oxygen atoms in total. The van der Waals surface area contributed by atoms with Crippen LogP contribution in [-0.2, 0) is 4.79 Å². The first-order chi connectivity index (χ1) is 11.3. The normalized spacial score (nSPS) is 18.7. The van der Waals surface area contributed by atoms with Crippen LogP contribution >= 0.6 is 24.8 Å². The molecule has 142 valence electrons. The number of nitrogens with one attached hydrogen (secondary N) is 1. The van der Waals surface area contributed by atoms with Gasteiger partial charge in [0.25, 0.3) is 0 Å². The van der Waals surface area contributed by atoms with Gasteiger partial charge in [-0.3, -0.25) is 4.79 Å². The van der Waals surface area contributed by atoms with Crippen molar-refractivity contribution in [1.29, 1.82) is 0 Å². The van der Waals surface area contributed by atoms with Crippen molar-refractivity contribution in [3.05, 3.63) is 18.3 Å². The van der Waals surface area contributed by atoms with Gasteiger partial charge in [-0.2, -0.15) is 5.10 Å². The van der Waals surface area contributed by atoms with Crippen LogP contribution in [-0.4, -0.2) is 84.8 Å². The van der Waals surface area contributed by atoms with Crippen molar-refractivity contribution >= 4 is 36.5 Å². The summed E-state index contributed by atoms with van der Waals surface area (Å²) in [5.74, 6) is 1.24. The molecule has 2 aliphatic rings. The number of anilines is 1. The summed E-state index contributed by atoms with van der Waals surface area (Å²) in [6.45, 7) is 8.36. The van der Waals surface area contributed by atoms with Crippen LogP contribution < -0.4 is 10.2 Å². The van der Waals surface area contributed by atoms with E-state index in [0.717, 1.165) is 71.1 Å². The molecule has 0 unspecified atom stereocenters. The van der Waals surface area contributed by atoms with Gasteiger partial charge in [0.1, 0.15) is 0 Å². The van der Waals surface area contributed by atoms with Crippen molar-refractivity contribution in [2.75, 3.05) is 63.8 Å². The van der Waals surface area contributed by atoms with E-state index in [1.165, 1.54) is 0 Å². The molecule has 3 heterocycles. The Morgan fingerprint density at radius 1 is 1.08 bits per heavy atom. The highest BCUT2D eigenvalue weighted by Gasteiger charge is 2.19. The maximum Gasteiger partial charge on any atom is 0.223 e. The van der Waals surface area contributed by atoms with Gasteiger partial charge in [0, 0.05) is 65.0 Å². The number of halogens is 2. The highest BCUT2D eigenvalue weighted by molar-refractivity contribution is 5.85. The second-order valence-corrected chi connectivity index (χ2v) is 6.14. The molecule has 2 fully saturated rings. The quantitative estimate of drug-likeness (QED) is 0.814. The van der Waals surface area contributed by atoms with Crippen LogP contribution in [0.4, 0.5) is 5.82 Å². The Morgan fingerprint density at radius 2 is 1.88 bits per heavy atom. The van der Waals surface area contributed by atoms with Crippen molar-refractivity contribution in [1.82, 2.24) is 25.3 Å². The molecule has 9 heteroatoms. The molecule has 25 heavy (non-hydrogen) atoms. The average molecular weight is 391 g/mol. The molecular weight excluding hydrogens is 363 g/mol. The Morgan fingerprint density at radius 3 is 2.60 bits per heavy atom. The van der Waals surface area contributed by atoms with Gasteiger partial charge in [0.2, 0.25) is 5.91 Å². The first kappa shape index (κ1) is 21.9. The van der Waals surface area contributed by atoms with Gasteiger partial charge in [-0.1, -0.05) is 0 Å². The summed E-state index contributed by atoms with van der Waals surface area (Å²) >= 11 is 0. The fourth-order valence-electron chi connectivity index (χ4n) is 3.21. The average Bonchev–Trinajstić information content (AvgIpc) is 2.87. The number of carbonyl (C=O) groups is 1. The van der Waals surface area contributed by atoms with Gasteiger partial charge in [0.05, 0.1) is 0 Å². The minimum Gasteiger partial charge on any atom is -0.354 e. The van der Waals surface area contributed by atoms with Crippen LogP contribution in [0.25, 0.3) is 0 Å². The molecule has 2 aliphatic heterocycles. The molecule has 1 N–H and O–H groups in total. The van der Waals surface area contributed by atoms with Crippen LogP contribution in [0.3, 0.4) is 0 Å². The lowest BCUT2D eigenvalue weighted by molar-refractivity contribution is -0.132. The predicted octanol–water partition coefficient (Wildman–Crippen LogP) is 0.654. The lowest BCUT2D eigenvalue weighted by Gasteiger charge is -2.28. The SMILES string of the molecule is Cl.Cl.O=C(CCN1CCCN(c2cccnn2)CC1)N1CCNCC1. The summed E-state index contributed by atoms with van der Waals surface area (Å²) < 4.78 is 0. The van der Waals surface area contributed by atoms with Gasteiger partial charge in [0.15, 0.2) is 5.82 Å². The van der Waals surface area contributed by atoms with Gasteiger partial charge >= 0.3 is 0 Å². The van der Waals surface area contributed by atoms with Crippen molar-refractivity contribution < 1.29 is 4.79 Å². The summed E-state index contributed by atoms with van der Waals surface area (Å²) in [4.78, 5) is 18.9. The summed E-state index contributed by atoms with van der Waals surface area (Å²) in [5.41, 5.74) is 0. The first-order valence-corrected chi connectivity index (χ1v) is 8.56. The van der Waals surface area contributed by atoms with E-state index in [9.17, 15) is 4.79 Å². The first-order valence-electron chi connectivity index (χ1n) is 8.56. The van der Waals surface area contributed by atoms with E-state index in [0.29, 0.717) is 12.3 Å². The second kappa shape index (κ2) is 11.5. The monoisotopic (exact) mass is 390 g/mol. The summed E-state index contributed by atoms with van der Waals surface area (Å²) in [7, 11) is 0. The van der Waals surface area contributed by atoms with Crippen LogP contribution in [0.5, 0.6) is 0 Å². The number of carbonyl (C=O) groups excluding carboxylic acids is 1. The van der Waals surface area contributed by atoms with Gasteiger partial charge < -0.3 is 20.0 Å². The maximum absolute atomic E-state index is 12.3. The van der Waals surface area contributed by atoms with E-state index in [1.54, 1.807) is 6.20 Å². The molecular formula is C16H28Cl2N6O. The number of aromatic nitrogens is 2. The number of piperazine rings is 1. The standard InChI is InChI=1S/C16H26N6O.2ClH/c23-16(22-11-6-17-7-12-22)4-10-20-8-2-9-21(14-13-20)15-3-1-5-18-19-15;;/h1,3,5,17H,2,4,6-14H2;2*1H. The molecule has 0 spiro atoms.